The van der Waals surface area contributed by atoms with Crippen molar-refractivity contribution in [3.63, 3.8) is 0 Å². The number of likely N-dealkylation sites (tertiary alicyclic amines) is 1. The molecule has 2 fully saturated rings. The molecule has 0 radical (unpaired) electrons. The van der Waals surface area contributed by atoms with E-state index in [1.165, 1.54) is 49.8 Å². The fourth-order valence-electron chi connectivity index (χ4n) is 2.33. The first kappa shape index (κ1) is 12.2. The highest BCUT2D eigenvalue weighted by atomic mass is 32.2. The number of aliphatic imine (C=N–C) groups is 1. The lowest BCUT2D eigenvalue weighted by molar-refractivity contribution is 0.214. The maximum absolute atomic E-state index is 4.82. The summed E-state index contributed by atoms with van der Waals surface area (Å²) in [5.41, 5.74) is 0. The molecule has 2 saturated heterocycles. The molecular formula is C12H23N3S. The van der Waals surface area contributed by atoms with Gasteiger partial charge in [0, 0.05) is 24.9 Å². The van der Waals surface area contributed by atoms with E-state index in [2.05, 4.69) is 24.1 Å². The highest BCUT2D eigenvalue weighted by molar-refractivity contribution is 8.14. The van der Waals surface area contributed by atoms with Crippen molar-refractivity contribution in [3.8, 4) is 0 Å². The molecule has 2 aliphatic rings. The number of rotatable bonds is 3. The van der Waals surface area contributed by atoms with Gasteiger partial charge in [-0.1, -0.05) is 18.7 Å². The van der Waals surface area contributed by atoms with Crippen LogP contribution >= 0.6 is 11.8 Å². The quantitative estimate of drug-likeness (QED) is 0.818. The highest BCUT2D eigenvalue weighted by Crippen LogP contribution is 2.18. The molecule has 0 spiro atoms. The highest BCUT2D eigenvalue weighted by Gasteiger charge is 2.21. The maximum Gasteiger partial charge on any atom is 0.157 e. The van der Waals surface area contributed by atoms with Gasteiger partial charge in [-0.15, -0.1) is 0 Å². The Bertz CT molecular complexity index is 247. The van der Waals surface area contributed by atoms with Crippen molar-refractivity contribution in [1.29, 1.82) is 0 Å². The van der Waals surface area contributed by atoms with Crippen molar-refractivity contribution < 1.29 is 0 Å². The van der Waals surface area contributed by atoms with E-state index < -0.39 is 0 Å². The van der Waals surface area contributed by atoms with E-state index >= 15 is 0 Å². The maximum atomic E-state index is 4.82. The van der Waals surface area contributed by atoms with E-state index in [-0.39, 0.29) is 0 Å². The molecule has 2 heterocycles. The van der Waals surface area contributed by atoms with Gasteiger partial charge in [-0.25, -0.2) is 0 Å². The van der Waals surface area contributed by atoms with Gasteiger partial charge in [0.15, 0.2) is 5.17 Å². The van der Waals surface area contributed by atoms with Crippen LogP contribution in [0.5, 0.6) is 0 Å². The first-order chi connectivity index (χ1) is 7.78. The third kappa shape index (κ3) is 3.39. The Balaban J connectivity index is 1.76. The number of hydrogen-bond acceptors (Lipinski definition) is 3. The minimum Gasteiger partial charge on any atom is -0.362 e. The van der Waals surface area contributed by atoms with Crippen LogP contribution in [0.3, 0.4) is 0 Å². The van der Waals surface area contributed by atoms with Gasteiger partial charge in [0.1, 0.15) is 0 Å². The van der Waals surface area contributed by atoms with E-state index in [9.17, 15) is 0 Å². The first-order valence-electron chi connectivity index (χ1n) is 6.47. The third-order valence-corrected chi connectivity index (χ3v) is 4.40. The SMILES string of the molecule is CCCN1CCC(N=C2NC(C)CS2)CC1. The Hall–Kier alpha value is -0.220. The topological polar surface area (TPSA) is 27.6 Å². The summed E-state index contributed by atoms with van der Waals surface area (Å²) in [4.78, 5) is 7.39. The van der Waals surface area contributed by atoms with Gasteiger partial charge in [-0.3, -0.25) is 4.99 Å². The van der Waals surface area contributed by atoms with Gasteiger partial charge in [-0.2, -0.15) is 0 Å². The summed E-state index contributed by atoms with van der Waals surface area (Å²) in [5.74, 6) is 1.17. The third-order valence-electron chi connectivity index (χ3n) is 3.24. The molecule has 0 aliphatic carbocycles. The summed E-state index contributed by atoms with van der Waals surface area (Å²) in [7, 11) is 0. The zero-order valence-corrected chi connectivity index (χ0v) is 11.2. The molecule has 0 saturated carbocycles. The van der Waals surface area contributed by atoms with Gasteiger partial charge in [0.25, 0.3) is 0 Å². The molecule has 3 nitrogen and oxygen atoms in total. The molecule has 0 aromatic heterocycles. The van der Waals surface area contributed by atoms with Crippen LogP contribution in [0.1, 0.15) is 33.1 Å². The Labute approximate surface area is 103 Å². The van der Waals surface area contributed by atoms with Gasteiger partial charge in [0.05, 0.1) is 6.04 Å². The van der Waals surface area contributed by atoms with Crippen molar-refractivity contribution in [1.82, 2.24) is 10.2 Å². The number of nitrogens with zero attached hydrogens (tertiary/aromatic N) is 2. The summed E-state index contributed by atoms with van der Waals surface area (Å²) in [6.07, 6.45) is 3.74. The lowest BCUT2D eigenvalue weighted by atomic mass is 10.1. The Morgan fingerprint density at radius 3 is 2.75 bits per heavy atom. The average molecular weight is 241 g/mol. The molecule has 1 atom stereocenters. The minimum absolute atomic E-state index is 0.563. The van der Waals surface area contributed by atoms with Crippen LogP contribution in [0.25, 0.3) is 0 Å². The fourth-order valence-corrected chi connectivity index (χ4v) is 3.33. The van der Waals surface area contributed by atoms with Crippen molar-refractivity contribution in [2.75, 3.05) is 25.4 Å². The number of piperidine rings is 1. The molecule has 4 heteroatoms. The van der Waals surface area contributed by atoms with Crippen LogP contribution in [-0.4, -0.2) is 47.5 Å². The van der Waals surface area contributed by atoms with Gasteiger partial charge < -0.3 is 10.2 Å². The second kappa shape index (κ2) is 5.92. The smallest absolute Gasteiger partial charge is 0.157 e. The molecule has 1 unspecified atom stereocenters. The molecule has 92 valence electrons. The van der Waals surface area contributed by atoms with Crippen LogP contribution < -0.4 is 5.32 Å². The first-order valence-corrected chi connectivity index (χ1v) is 7.46. The summed E-state index contributed by atoms with van der Waals surface area (Å²) in [6.45, 7) is 8.20. The number of hydrogen-bond donors (Lipinski definition) is 1. The van der Waals surface area contributed by atoms with Crippen molar-refractivity contribution in [3.05, 3.63) is 0 Å². The van der Waals surface area contributed by atoms with Crippen LogP contribution in [0.4, 0.5) is 0 Å². The van der Waals surface area contributed by atoms with Crippen molar-refractivity contribution in [2.24, 2.45) is 4.99 Å². The summed E-state index contributed by atoms with van der Waals surface area (Å²) in [5, 5.41) is 4.62. The molecular weight excluding hydrogens is 218 g/mol. The Kier molecular flexibility index (Phi) is 4.53. The van der Waals surface area contributed by atoms with Crippen LogP contribution in [0, 0.1) is 0 Å². The molecule has 0 amide bonds. The minimum atomic E-state index is 0.563. The van der Waals surface area contributed by atoms with Gasteiger partial charge >= 0.3 is 0 Å². The van der Waals surface area contributed by atoms with Gasteiger partial charge in [-0.05, 0) is 32.7 Å². The number of nitrogens with one attached hydrogen (secondary N) is 1. The van der Waals surface area contributed by atoms with Crippen LogP contribution in [0.15, 0.2) is 4.99 Å². The van der Waals surface area contributed by atoms with E-state index in [0.29, 0.717) is 12.1 Å². The average Bonchev–Trinajstić information content (AvgIpc) is 2.67. The molecule has 2 aliphatic heterocycles. The molecule has 16 heavy (non-hydrogen) atoms. The second-order valence-electron chi connectivity index (χ2n) is 4.86. The van der Waals surface area contributed by atoms with Crippen LogP contribution in [-0.2, 0) is 0 Å². The Morgan fingerprint density at radius 2 is 2.19 bits per heavy atom. The molecule has 1 N–H and O–H groups in total. The van der Waals surface area contributed by atoms with E-state index in [1.54, 1.807) is 0 Å². The zero-order valence-electron chi connectivity index (χ0n) is 10.4. The monoisotopic (exact) mass is 241 g/mol. The van der Waals surface area contributed by atoms with E-state index in [4.69, 9.17) is 4.99 Å². The molecule has 2 rings (SSSR count). The predicted molar refractivity (Wildman–Crippen MR) is 72.2 cm³/mol. The van der Waals surface area contributed by atoms with Crippen molar-refractivity contribution >= 4 is 16.9 Å². The normalized spacial score (nSPS) is 30.9. The molecule has 0 aromatic rings. The predicted octanol–water partition coefficient (Wildman–Crippen LogP) is 1.94. The molecule has 0 bridgehead atoms. The number of amidine groups is 1. The Morgan fingerprint density at radius 1 is 1.44 bits per heavy atom. The standard InChI is InChI=1S/C12H23N3S/c1-3-6-15-7-4-11(5-8-15)14-12-13-10(2)9-16-12/h10-11H,3-9H2,1-2H3,(H,13,14). The zero-order chi connectivity index (χ0) is 11.4. The summed E-state index contributed by atoms with van der Waals surface area (Å²) in [6, 6.07) is 1.16. The van der Waals surface area contributed by atoms with Crippen LogP contribution in [0.2, 0.25) is 0 Å². The van der Waals surface area contributed by atoms with E-state index in [1.807, 2.05) is 11.8 Å². The lowest BCUT2D eigenvalue weighted by Gasteiger charge is -2.29. The second-order valence-corrected chi connectivity index (χ2v) is 5.87. The van der Waals surface area contributed by atoms with Crippen molar-refractivity contribution in [2.45, 2.75) is 45.2 Å². The largest absolute Gasteiger partial charge is 0.362 e. The molecule has 0 aromatic carbocycles. The fraction of sp³-hybridized carbons (Fsp3) is 0.917. The summed E-state index contributed by atoms with van der Waals surface area (Å²) < 4.78 is 0. The summed E-state index contributed by atoms with van der Waals surface area (Å²) >= 11 is 1.88. The lowest BCUT2D eigenvalue weighted by Crippen LogP contribution is -2.36. The number of thioether (sulfide) groups is 1. The van der Waals surface area contributed by atoms with Gasteiger partial charge in [0.2, 0.25) is 0 Å². The van der Waals surface area contributed by atoms with E-state index in [0.717, 1.165) is 0 Å².